The average molecular weight is 341 g/mol. The lowest BCUT2D eigenvalue weighted by molar-refractivity contribution is 0.0934. The lowest BCUT2D eigenvalue weighted by Gasteiger charge is -2.15. The van der Waals surface area contributed by atoms with E-state index in [1.165, 1.54) is 10.9 Å². The van der Waals surface area contributed by atoms with Gasteiger partial charge in [-0.3, -0.25) is 9.36 Å². The summed E-state index contributed by atoms with van der Waals surface area (Å²) in [7, 11) is 1.66. The summed E-state index contributed by atoms with van der Waals surface area (Å²) in [6, 6.07) is -0.0145. The molecule has 0 bridgehead atoms. The van der Waals surface area contributed by atoms with Gasteiger partial charge in [0, 0.05) is 38.4 Å². The van der Waals surface area contributed by atoms with Gasteiger partial charge in [0.1, 0.15) is 11.4 Å². The van der Waals surface area contributed by atoms with Crippen LogP contribution in [0.3, 0.4) is 0 Å². The predicted octanol–water partition coefficient (Wildman–Crippen LogP) is 0.0678. The molecule has 3 aromatic heterocycles. The van der Waals surface area contributed by atoms with Crippen LogP contribution in [0, 0.1) is 6.92 Å². The SMILES string of the molecule is Cc1cnc2c(C(=O)NC3CCc4nn(C)c(=O)n4CC3)cnn2c1. The smallest absolute Gasteiger partial charge is 0.345 e. The highest BCUT2D eigenvalue weighted by atomic mass is 16.2. The van der Waals surface area contributed by atoms with Gasteiger partial charge >= 0.3 is 5.69 Å². The summed E-state index contributed by atoms with van der Waals surface area (Å²) >= 11 is 0. The van der Waals surface area contributed by atoms with E-state index in [0.717, 1.165) is 17.8 Å². The van der Waals surface area contributed by atoms with Crippen molar-refractivity contribution in [2.45, 2.75) is 38.8 Å². The van der Waals surface area contributed by atoms with Crippen LogP contribution in [0.4, 0.5) is 0 Å². The highest BCUT2D eigenvalue weighted by Gasteiger charge is 2.23. The minimum absolute atomic E-state index is 0.0145. The van der Waals surface area contributed by atoms with Crippen molar-refractivity contribution >= 4 is 11.6 Å². The molecule has 4 heterocycles. The zero-order chi connectivity index (χ0) is 17.6. The summed E-state index contributed by atoms with van der Waals surface area (Å²) in [5.41, 5.74) is 1.86. The van der Waals surface area contributed by atoms with Gasteiger partial charge in [0.15, 0.2) is 5.65 Å². The minimum Gasteiger partial charge on any atom is -0.349 e. The zero-order valence-corrected chi connectivity index (χ0v) is 14.1. The molecule has 0 aliphatic carbocycles. The van der Waals surface area contributed by atoms with Crippen molar-refractivity contribution in [2.24, 2.45) is 7.05 Å². The quantitative estimate of drug-likeness (QED) is 0.711. The molecule has 9 heteroatoms. The maximum atomic E-state index is 12.6. The van der Waals surface area contributed by atoms with E-state index < -0.39 is 0 Å². The number of carbonyl (C=O) groups excluding carboxylic acids is 1. The molecule has 0 radical (unpaired) electrons. The molecule has 0 fully saturated rings. The molecule has 4 rings (SSSR count). The molecule has 9 nitrogen and oxygen atoms in total. The van der Waals surface area contributed by atoms with E-state index in [1.807, 2.05) is 13.1 Å². The Balaban J connectivity index is 1.50. The van der Waals surface area contributed by atoms with Crippen molar-refractivity contribution in [1.29, 1.82) is 0 Å². The topological polar surface area (TPSA) is 99.1 Å². The van der Waals surface area contributed by atoms with Gasteiger partial charge < -0.3 is 5.32 Å². The Bertz CT molecular complexity index is 1010. The second-order valence-electron chi connectivity index (χ2n) is 6.43. The Morgan fingerprint density at radius 3 is 3.00 bits per heavy atom. The predicted molar refractivity (Wildman–Crippen MR) is 89.4 cm³/mol. The first-order chi connectivity index (χ1) is 12.0. The van der Waals surface area contributed by atoms with Gasteiger partial charge in [0.25, 0.3) is 5.91 Å². The van der Waals surface area contributed by atoms with Gasteiger partial charge in [-0.15, -0.1) is 0 Å². The third kappa shape index (κ3) is 2.71. The molecule has 1 N–H and O–H groups in total. The maximum Gasteiger partial charge on any atom is 0.345 e. The standard InChI is InChI=1S/C16H19N7O2/c1-10-7-17-14-12(8-18-23(14)9-10)15(24)19-11-3-4-13-20-21(2)16(25)22(13)6-5-11/h7-9,11H,3-6H2,1-2H3,(H,19,24). The molecule has 130 valence electrons. The van der Waals surface area contributed by atoms with Crippen LogP contribution in [-0.4, -0.2) is 40.9 Å². The first kappa shape index (κ1) is 15.6. The number of hydrogen-bond donors (Lipinski definition) is 1. The normalized spacial score (nSPS) is 17.3. The second-order valence-corrected chi connectivity index (χ2v) is 6.43. The molecule has 0 saturated heterocycles. The van der Waals surface area contributed by atoms with Crippen molar-refractivity contribution in [3.05, 3.63) is 46.0 Å². The van der Waals surface area contributed by atoms with Crippen LogP contribution in [0.5, 0.6) is 0 Å². The van der Waals surface area contributed by atoms with E-state index in [-0.39, 0.29) is 17.6 Å². The lowest BCUT2D eigenvalue weighted by Crippen LogP contribution is -2.35. The first-order valence-electron chi connectivity index (χ1n) is 8.26. The number of nitrogens with zero attached hydrogens (tertiary/aromatic N) is 6. The van der Waals surface area contributed by atoms with Crippen molar-refractivity contribution in [3.8, 4) is 0 Å². The van der Waals surface area contributed by atoms with Crippen LogP contribution in [-0.2, 0) is 20.0 Å². The van der Waals surface area contributed by atoms with E-state index in [9.17, 15) is 9.59 Å². The summed E-state index contributed by atoms with van der Waals surface area (Å²) in [5, 5.41) is 11.5. The van der Waals surface area contributed by atoms with E-state index in [4.69, 9.17) is 0 Å². The van der Waals surface area contributed by atoms with Gasteiger partial charge in [-0.1, -0.05) is 0 Å². The largest absolute Gasteiger partial charge is 0.349 e. The number of aryl methyl sites for hydroxylation is 3. The van der Waals surface area contributed by atoms with Gasteiger partial charge in [-0.05, 0) is 25.3 Å². The Morgan fingerprint density at radius 2 is 2.16 bits per heavy atom. The maximum absolute atomic E-state index is 12.6. The number of fused-ring (bicyclic) bond motifs is 2. The van der Waals surface area contributed by atoms with E-state index in [2.05, 4.69) is 20.5 Å². The van der Waals surface area contributed by atoms with Crippen molar-refractivity contribution in [3.63, 3.8) is 0 Å². The van der Waals surface area contributed by atoms with Crippen LogP contribution in [0.2, 0.25) is 0 Å². The summed E-state index contributed by atoms with van der Waals surface area (Å²) in [4.78, 5) is 28.9. The van der Waals surface area contributed by atoms with E-state index in [1.54, 1.807) is 22.3 Å². The van der Waals surface area contributed by atoms with Crippen LogP contribution in [0.15, 0.2) is 23.4 Å². The van der Waals surface area contributed by atoms with E-state index in [0.29, 0.717) is 30.6 Å². The van der Waals surface area contributed by atoms with Gasteiger partial charge in [0.05, 0.1) is 6.20 Å². The van der Waals surface area contributed by atoms with Crippen LogP contribution >= 0.6 is 0 Å². The molecule has 0 aromatic carbocycles. The molecule has 0 saturated carbocycles. The molecular formula is C16H19N7O2. The fourth-order valence-electron chi connectivity index (χ4n) is 3.23. The lowest BCUT2D eigenvalue weighted by atomic mass is 10.1. The highest BCUT2D eigenvalue weighted by molar-refractivity contribution is 5.99. The van der Waals surface area contributed by atoms with Crippen molar-refractivity contribution in [1.82, 2.24) is 34.3 Å². The Hall–Kier alpha value is -2.97. The Morgan fingerprint density at radius 1 is 1.32 bits per heavy atom. The fourth-order valence-corrected chi connectivity index (χ4v) is 3.23. The number of hydrogen-bond acceptors (Lipinski definition) is 5. The van der Waals surface area contributed by atoms with Crippen molar-refractivity contribution in [2.75, 3.05) is 0 Å². The summed E-state index contributed by atoms with van der Waals surface area (Å²) < 4.78 is 4.66. The first-order valence-corrected chi connectivity index (χ1v) is 8.26. The summed E-state index contributed by atoms with van der Waals surface area (Å²) in [5.74, 6) is 0.584. The molecule has 0 spiro atoms. The van der Waals surface area contributed by atoms with Gasteiger partial charge in [-0.25, -0.2) is 19.0 Å². The summed E-state index contributed by atoms with van der Waals surface area (Å²) in [6.45, 7) is 2.48. The Kier molecular flexibility index (Phi) is 3.63. The van der Waals surface area contributed by atoms with Gasteiger partial charge in [0.2, 0.25) is 0 Å². The molecule has 1 atom stereocenters. The number of aromatic nitrogens is 6. The zero-order valence-electron chi connectivity index (χ0n) is 14.1. The second kappa shape index (κ2) is 5.83. The number of carbonyl (C=O) groups is 1. The van der Waals surface area contributed by atoms with Crippen LogP contribution < -0.4 is 11.0 Å². The van der Waals surface area contributed by atoms with E-state index >= 15 is 0 Å². The van der Waals surface area contributed by atoms with Crippen molar-refractivity contribution < 1.29 is 4.79 Å². The summed E-state index contributed by atoms with van der Waals surface area (Å²) in [6.07, 6.45) is 7.18. The molecule has 1 unspecified atom stereocenters. The van der Waals surface area contributed by atoms with Crippen LogP contribution in [0.1, 0.15) is 34.6 Å². The Labute approximate surface area is 143 Å². The third-order valence-corrected chi connectivity index (χ3v) is 4.57. The monoisotopic (exact) mass is 341 g/mol. The molecule has 25 heavy (non-hydrogen) atoms. The molecule has 1 aliphatic heterocycles. The average Bonchev–Trinajstić information content (AvgIpc) is 3.04. The molecular weight excluding hydrogens is 322 g/mol. The fraction of sp³-hybridized carbons (Fsp3) is 0.438. The number of nitrogens with one attached hydrogen (secondary N) is 1. The highest BCUT2D eigenvalue weighted by Crippen LogP contribution is 2.14. The number of amides is 1. The van der Waals surface area contributed by atoms with Crippen LogP contribution in [0.25, 0.3) is 5.65 Å². The molecule has 1 aliphatic rings. The van der Waals surface area contributed by atoms with Gasteiger partial charge in [-0.2, -0.15) is 10.2 Å². The third-order valence-electron chi connectivity index (χ3n) is 4.57. The number of rotatable bonds is 2. The minimum atomic E-state index is -0.191. The molecule has 3 aromatic rings. The molecule has 1 amide bonds.